The fraction of sp³-hybridized carbons (Fsp3) is 0.118. The first-order valence-electron chi connectivity index (χ1n) is 7.35. The first kappa shape index (κ1) is 17.3. The Morgan fingerprint density at radius 1 is 1.16 bits per heavy atom. The van der Waals surface area contributed by atoms with Crippen LogP contribution in [0.1, 0.15) is 17.4 Å². The Morgan fingerprint density at radius 3 is 2.56 bits per heavy atom. The minimum absolute atomic E-state index is 0.126. The van der Waals surface area contributed by atoms with Crippen molar-refractivity contribution < 1.29 is 14.3 Å². The molecule has 0 aliphatic rings. The predicted molar refractivity (Wildman–Crippen MR) is 96.1 cm³/mol. The summed E-state index contributed by atoms with van der Waals surface area (Å²) in [6, 6.07) is 11.8. The lowest BCUT2D eigenvalue weighted by atomic mass is 10.2. The molecule has 8 heteroatoms. The van der Waals surface area contributed by atoms with E-state index in [2.05, 4.69) is 15.5 Å². The van der Waals surface area contributed by atoms with Gasteiger partial charge >= 0.3 is 5.97 Å². The number of aromatic amines is 1. The molecule has 0 aliphatic carbocycles. The van der Waals surface area contributed by atoms with Crippen LogP contribution in [0, 0.1) is 0 Å². The second-order valence-corrected chi connectivity index (χ2v) is 6.19. The van der Waals surface area contributed by atoms with E-state index in [1.54, 1.807) is 36.4 Å². The minimum Gasteiger partial charge on any atom is -0.448 e. The van der Waals surface area contributed by atoms with Crippen LogP contribution in [0.15, 0.2) is 42.5 Å². The van der Waals surface area contributed by atoms with Crippen molar-refractivity contribution in [3.05, 3.63) is 58.2 Å². The first-order valence-corrected chi connectivity index (χ1v) is 8.10. The lowest BCUT2D eigenvalue weighted by Gasteiger charge is -2.13. The fourth-order valence-electron chi connectivity index (χ4n) is 2.26. The number of aromatic nitrogens is 2. The molecule has 1 aromatic heterocycles. The van der Waals surface area contributed by atoms with E-state index in [1.807, 2.05) is 6.07 Å². The molecule has 6 nitrogen and oxygen atoms in total. The van der Waals surface area contributed by atoms with Crippen molar-refractivity contribution in [2.75, 3.05) is 5.32 Å². The Morgan fingerprint density at radius 2 is 1.84 bits per heavy atom. The molecular weight excluding hydrogens is 365 g/mol. The van der Waals surface area contributed by atoms with Crippen molar-refractivity contribution in [2.24, 2.45) is 0 Å². The van der Waals surface area contributed by atoms with E-state index in [0.29, 0.717) is 26.6 Å². The molecule has 0 aliphatic heterocycles. The average Bonchev–Trinajstić information content (AvgIpc) is 2.97. The van der Waals surface area contributed by atoms with Crippen LogP contribution in [-0.4, -0.2) is 28.2 Å². The van der Waals surface area contributed by atoms with E-state index in [4.69, 9.17) is 27.9 Å². The summed E-state index contributed by atoms with van der Waals surface area (Å²) in [6.07, 6.45) is -1.03. The highest BCUT2D eigenvalue weighted by Crippen LogP contribution is 2.23. The van der Waals surface area contributed by atoms with Crippen molar-refractivity contribution in [1.82, 2.24) is 10.2 Å². The Bertz CT molecular complexity index is 935. The normalized spacial score (nSPS) is 12.0. The van der Waals surface area contributed by atoms with Crippen LogP contribution in [0.3, 0.4) is 0 Å². The average molecular weight is 378 g/mol. The number of halogens is 2. The zero-order chi connectivity index (χ0) is 18.0. The number of esters is 1. The van der Waals surface area contributed by atoms with Gasteiger partial charge in [0.2, 0.25) is 0 Å². The number of carbonyl (C=O) groups excluding carboxylic acids is 2. The third-order valence-electron chi connectivity index (χ3n) is 3.45. The van der Waals surface area contributed by atoms with E-state index < -0.39 is 18.0 Å². The molecular formula is C17H13Cl2N3O3. The third-order valence-corrected chi connectivity index (χ3v) is 3.88. The van der Waals surface area contributed by atoms with E-state index in [1.165, 1.54) is 6.92 Å². The number of nitrogens with one attached hydrogen (secondary N) is 2. The number of nitrogens with zero attached hydrogens (tertiary/aromatic N) is 1. The molecule has 0 bridgehead atoms. The largest absolute Gasteiger partial charge is 0.448 e. The van der Waals surface area contributed by atoms with Crippen molar-refractivity contribution in [2.45, 2.75) is 13.0 Å². The van der Waals surface area contributed by atoms with Gasteiger partial charge in [0.25, 0.3) is 5.91 Å². The van der Waals surface area contributed by atoms with Gasteiger partial charge in [-0.05, 0) is 31.2 Å². The van der Waals surface area contributed by atoms with Crippen LogP contribution in [0.25, 0.3) is 10.9 Å². The van der Waals surface area contributed by atoms with Crippen LogP contribution >= 0.6 is 23.2 Å². The summed E-state index contributed by atoms with van der Waals surface area (Å²) >= 11 is 11.8. The van der Waals surface area contributed by atoms with Crippen LogP contribution in [-0.2, 0) is 9.53 Å². The second kappa shape index (κ2) is 7.13. The first-order chi connectivity index (χ1) is 11.9. The number of benzene rings is 2. The predicted octanol–water partition coefficient (Wildman–Crippen LogP) is 4.05. The molecule has 1 heterocycles. The van der Waals surface area contributed by atoms with Crippen LogP contribution in [0.4, 0.5) is 5.69 Å². The number of amides is 1. The summed E-state index contributed by atoms with van der Waals surface area (Å²) in [6.45, 7) is 1.47. The van der Waals surface area contributed by atoms with Gasteiger partial charge in [0.05, 0.1) is 5.52 Å². The summed E-state index contributed by atoms with van der Waals surface area (Å²) in [5.41, 5.74) is 1.25. The standard InChI is InChI=1S/C17H13Cl2N3O3/c1-9(16(23)20-12-7-10(18)6-11(19)8-12)25-17(24)15-13-4-2-3-5-14(13)21-22-15/h2-9H,1H3,(H,20,23)(H,21,22)/t9-/m0/s1. The number of anilines is 1. The topological polar surface area (TPSA) is 84.1 Å². The number of ether oxygens (including phenoxy) is 1. The number of H-pyrrole nitrogens is 1. The Kier molecular flexibility index (Phi) is 4.92. The third kappa shape index (κ3) is 3.92. The molecule has 128 valence electrons. The van der Waals surface area contributed by atoms with Gasteiger partial charge in [0.1, 0.15) is 0 Å². The van der Waals surface area contributed by atoms with E-state index in [-0.39, 0.29) is 5.69 Å². The molecule has 2 aromatic carbocycles. The fourth-order valence-corrected chi connectivity index (χ4v) is 2.78. The van der Waals surface area contributed by atoms with Crippen molar-refractivity contribution in [3.63, 3.8) is 0 Å². The molecule has 0 radical (unpaired) electrons. The summed E-state index contributed by atoms with van der Waals surface area (Å²) in [4.78, 5) is 24.5. The van der Waals surface area contributed by atoms with Crippen LogP contribution in [0.2, 0.25) is 10.0 Å². The maximum absolute atomic E-state index is 12.3. The molecule has 0 spiro atoms. The van der Waals surface area contributed by atoms with Gasteiger partial charge in [0.15, 0.2) is 11.8 Å². The van der Waals surface area contributed by atoms with Gasteiger partial charge in [-0.3, -0.25) is 9.89 Å². The van der Waals surface area contributed by atoms with Crippen molar-refractivity contribution >= 4 is 51.7 Å². The van der Waals surface area contributed by atoms with E-state index >= 15 is 0 Å². The molecule has 2 N–H and O–H groups in total. The van der Waals surface area contributed by atoms with Gasteiger partial charge in [-0.2, -0.15) is 5.10 Å². The van der Waals surface area contributed by atoms with Gasteiger partial charge < -0.3 is 10.1 Å². The quantitative estimate of drug-likeness (QED) is 0.671. The van der Waals surface area contributed by atoms with Crippen molar-refractivity contribution in [1.29, 1.82) is 0 Å². The molecule has 0 saturated heterocycles. The van der Waals surface area contributed by atoms with E-state index in [9.17, 15) is 9.59 Å². The van der Waals surface area contributed by atoms with Gasteiger partial charge in [-0.1, -0.05) is 41.4 Å². The zero-order valence-corrected chi connectivity index (χ0v) is 14.6. The molecule has 0 fully saturated rings. The minimum atomic E-state index is -1.03. The highest BCUT2D eigenvalue weighted by molar-refractivity contribution is 6.35. The smallest absolute Gasteiger partial charge is 0.360 e. The van der Waals surface area contributed by atoms with Gasteiger partial charge in [0, 0.05) is 21.1 Å². The molecule has 1 amide bonds. The Balaban J connectivity index is 1.69. The van der Waals surface area contributed by atoms with E-state index in [0.717, 1.165) is 0 Å². The van der Waals surface area contributed by atoms with Gasteiger partial charge in [-0.15, -0.1) is 0 Å². The lowest BCUT2D eigenvalue weighted by molar-refractivity contribution is -0.123. The molecule has 3 aromatic rings. The summed E-state index contributed by atoms with van der Waals surface area (Å²) in [5.74, 6) is -1.20. The van der Waals surface area contributed by atoms with Crippen molar-refractivity contribution in [3.8, 4) is 0 Å². The van der Waals surface area contributed by atoms with Crippen LogP contribution < -0.4 is 5.32 Å². The lowest BCUT2D eigenvalue weighted by Crippen LogP contribution is -2.30. The molecule has 0 saturated carbocycles. The maximum Gasteiger partial charge on any atom is 0.360 e. The monoisotopic (exact) mass is 377 g/mol. The highest BCUT2D eigenvalue weighted by atomic mass is 35.5. The Hall–Kier alpha value is -2.57. The Labute approximate surface area is 153 Å². The molecule has 3 rings (SSSR count). The molecule has 1 atom stereocenters. The maximum atomic E-state index is 12.3. The number of hydrogen-bond acceptors (Lipinski definition) is 4. The molecule has 0 unspecified atom stereocenters. The number of fused-ring (bicyclic) bond motifs is 1. The SMILES string of the molecule is C[C@H](OC(=O)c1n[nH]c2ccccc12)C(=O)Nc1cc(Cl)cc(Cl)c1. The zero-order valence-electron chi connectivity index (χ0n) is 13.0. The number of para-hydroxylation sites is 1. The highest BCUT2D eigenvalue weighted by Gasteiger charge is 2.22. The second-order valence-electron chi connectivity index (χ2n) is 5.31. The molecule has 25 heavy (non-hydrogen) atoms. The summed E-state index contributed by atoms with van der Waals surface area (Å²) < 4.78 is 5.20. The van der Waals surface area contributed by atoms with Crippen LogP contribution in [0.5, 0.6) is 0 Å². The number of hydrogen-bond donors (Lipinski definition) is 2. The number of rotatable bonds is 4. The summed E-state index contributed by atoms with van der Waals surface area (Å²) in [5, 5.41) is 10.7. The van der Waals surface area contributed by atoms with Gasteiger partial charge in [-0.25, -0.2) is 4.79 Å². The summed E-state index contributed by atoms with van der Waals surface area (Å²) in [7, 11) is 0. The number of carbonyl (C=O) groups is 2.